The number of hydrogen-bond donors (Lipinski definition) is 1. The van der Waals surface area contributed by atoms with Gasteiger partial charge in [0, 0.05) is 17.2 Å². The summed E-state index contributed by atoms with van der Waals surface area (Å²) < 4.78 is 1.97. The van der Waals surface area contributed by atoms with Crippen molar-refractivity contribution in [2.24, 2.45) is 0 Å². The van der Waals surface area contributed by atoms with Crippen LogP contribution in [0, 0.1) is 6.92 Å². The second kappa shape index (κ2) is 8.37. The van der Waals surface area contributed by atoms with Gasteiger partial charge in [-0.15, -0.1) is 0 Å². The molecule has 112 valence electrons. The minimum absolute atomic E-state index is 0. The van der Waals surface area contributed by atoms with E-state index in [4.69, 9.17) is 23.2 Å². The molecule has 0 saturated heterocycles. The molecule has 0 fully saturated rings. The highest BCUT2D eigenvalue weighted by Gasteiger charge is 2.09. The van der Waals surface area contributed by atoms with E-state index in [1.54, 1.807) is 18.2 Å². The summed E-state index contributed by atoms with van der Waals surface area (Å²) in [4.78, 5) is 11.9. The van der Waals surface area contributed by atoms with Gasteiger partial charge in [0.15, 0.2) is 18.9 Å². The van der Waals surface area contributed by atoms with Crippen molar-refractivity contribution < 1.29 is 26.3 Å². The Labute approximate surface area is 144 Å². The summed E-state index contributed by atoms with van der Waals surface area (Å²) in [7, 11) is 0. The summed E-state index contributed by atoms with van der Waals surface area (Å²) in [5.41, 5.74) is 1.77. The first-order valence-corrected chi connectivity index (χ1v) is 7.01. The van der Waals surface area contributed by atoms with E-state index in [0.717, 1.165) is 0 Å². The van der Waals surface area contributed by atoms with Gasteiger partial charge in [-0.1, -0.05) is 23.2 Å². The van der Waals surface area contributed by atoms with Crippen LogP contribution in [-0.4, -0.2) is 5.91 Å². The standard InChI is InChI=1S/C15H14Cl2N2O.BrH/c1-11-4-7-19(8-5-11)9-6-15(20)18-14-3-2-12(16)10-13(14)17;/h2-5,7-8,10H,6,9H2,1H3;1H. The maximum atomic E-state index is 11.9. The molecule has 1 heterocycles. The fourth-order valence-corrected chi connectivity index (χ4v) is 2.17. The average Bonchev–Trinajstić information content (AvgIpc) is 2.41. The number of amides is 1. The summed E-state index contributed by atoms with van der Waals surface area (Å²) in [5.74, 6) is -0.0812. The van der Waals surface area contributed by atoms with Gasteiger partial charge in [0.1, 0.15) is 0 Å². The molecule has 6 heteroatoms. The first-order chi connectivity index (χ1) is 9.54. The van der Waals surface area contributed by atoms with Crippen LogP contribution >= 0.6 is 23.2 Å². The van der Waals surface area contributed by atoms with E-state index >= 15 is 0 Å². The van der Waals surface area contributed by atoms with E-state index < -0.39 is 0 Å². The lowest BCUT2D eigenvalue weighted by atomic mass is 10.3. The number of anilines is 1. The molecule has 1 aromatic heterocycles. The molecule has 0 aliphatic heterocycles. The molecule has 0 atom stereocenters. The number of nitrogens with zero attached hydrogens (tertiary/aromatic N) is 1. The van der Waals surface area contributed by atoms with E-state index in [1.807, 2.05) is 36.0 Å². The van der Waals surface area contributed by atoms with Gasteiger partial charge in [-0.05, 0) is 30.7 Å². The van der Waals surface area contributed by atoms with Crippen LogP contribution in [0.3, 0.4) is 0 Å². The molecule has 1 aromatic carbocycles. The van der Waals surface area contributed by atoms with E-state index in [1.165, 1.54) is 5.56 Å². The van der Waals surface area contributed by atoms with E-state index in [2.05, 4.69) is 5.32 Å². The van der Waals surface area contributed by atoms with Crippen LogP contribution in [0.2, 0.25) is 10.0 Å². The summed E-state index contributed by atoms with van der Waals surface area (Å²) >= 11 is 11.8. The maximum absolute atomic E-state index is 11.9. The van der Waals surface area contributed by atoms with Crippen LogP contribution in [-0.2, 0) is 11.3 Å². The van der Waals surface area contributed by atoms with Crippen molar-refractivity contribution in [3.63, 3.8) is 0 Å². The van der Waals surface area contributed by atoms with Gasteiger partial charge in [-0.25, -0.2) is 4.57 Å². The quantitative estimate of drug-likeness (QED) is 0.764. The van der Waals surface area contributed by atoms with Crippen molar-refractivity contribution in [2.45, 2.75) is 19.9 Å². The topological polar surface area (TPSA) is 33.0 Å². The zero-order valence-corrected chi connectivity index (χ0v) is 14.5. The van der Waals surface area contributed by atoms with Crippen LogP contribution in [0.15, 0.2) is 42.7 Å². The lowest BCUT2D eigenvalue weighted by Crippen LogP contribution is -3.00. The molecule has 3 nitrogen and oxygen atoms in total. The molecule has 0 aliphatic rings. The Hall–Kier alpha value is -1.10. The molecule has 1 amide bonds. The number of aryl methyl sites for hydroxylation is 2. The molecular weight excluding hydrogens is 375 g/mol. The number of carbonyl (C=O) groups is 1. The monoisotopic (exact) mass is 388 g/mol. The Kier molecular flexibility index (Phi) is 7.15. The summed E-state index contributed by atoms with van der Waals surface area (Å²) in [6.45, 7) is 2.65. The van der Waals surface area contributed by atoms with Gasteiger partial charge in [0.05, 0.1) is 17.1 Å². The smallest absolute Gasteiger partial charge is 0.230 e. The molecule has 2 rings (SSSR count). The summed E-state index contributed by atoms with van der Waals surface area (Å²) in [5, 5.41) is 3.76. The Morgan fingerprint density at radius 3 is 2.48 bits per heavy atom. The number of carbonyl (C=O) groups excluding carboxylic acids is 1. The van der Waals surface area contributed by atoms with Gasteiger partial charge < -0.3 is 22.3 Å². The third kappa shape index (κ3) is 5.65. The third-order valence-corrected chi connectivity index (χ3v) is 3.41. The Balaban J connectivity index is 0.00000220. The fraction of sp³-hybridized carbons (Fsp3) is 0.200. The van der Waals surface area contributed by atoms with Crippen LogP contribution < -0.4 is 26.9 Å². The molecule has 2 aromatic rings. The minimum atomic E-state index is -0.0812. The van der Waals surface area contributed by atoms with Gasteiger partial charge in [-0.2, -0.15) is 0 Å². The predicted molar refractivity (Wildman–Crippen MR) is 81.1 cm³/mol. The number of nitrogens with one attached hydrogen (secondary N) is 1. The number of rotatable bonds is 4. The highest BCUT2D eigenvalue weighted by molar-refractivity contribution is 6.36. The number of benzene rings is 1. The van der Waals surface area contributed by atoms with E-state index in [-0.39, 0.29) is 22.9 Å². The molecule has 0 unspecified atom stereocenters. The van der Waals surface area contributed by atoms with Gasteiger partial charge in [0.25, 0.3) is 0 Å². The van der Waals surface area contributed by atoms with Crippen molar-refractivity contribution >= 4 is 34.8 Å². The SMILES string of the molecule is Cc1cc[n+](CCC(=O)Nc2ccc(Cl)cc2Cl)cc1.[Br-]. The van der Waals surface area contributed by atoms with E-state index in [9.17, 15) is 4.79 Å². The third-order valence-electron chi connectivity index (χ3n) is 2.86. The van der Waals surface area contributed by atoms with Crippen molar-refractivity contribution in [3.8, 4) is 0 Å². The molecule has 0 bridgehead atoms. The van der Waals surface area contributed by atoms with Crippen molar-refractivity contribution in [1.82, 2.24) is 0 Å². The zero-order chi connectivity index (χ0) is 14.5. The zero-order valence-electron chi connectivity index (χ0n) is 11.4. The number of aromatic nitrogens is 1. The average molecular weight is 390 g/mol. The fourth-order valence-electron chi connectivity index (χ4n) is 1.72. The largest absolute Gasteiger partial charge is 1.00 e. The lowest BCUT2D eigenvalue weighted by molar-refractivity contribution is -0.695. The highest BCUT2D eigenvalue weighted by Crippen LogP contribution is 2.25. The Morgan fingerprint density at radius 1 is 1.19 bits per heavy atom. The maximum Gasteiger partial charge on any atom is 0.230 e. The summed E-state index contributed by atoms with van der Waals surface area (Å²) in [6, 6.07) is 9.01. The second-order valence-electron chi connectivity index (χ2n) is 4.54. The number of hydrogen-bond acceptors (Lipinski definition) is 1. The molecular formula is C15H15BrCl2N2O. The first-order valence-electron chi connectivity index (χ1n) is 6.25. The van der Waals surface area contributed by atoms with Crippen LogP contribution in [0.5, 0.6) is 0 Å². The Morgan fingerprint density at radius 2 is 1.86 bits per heavy atom. The van der Waals surface area contributed by atoms with Gasteiger partial charge in [0.2, 0.25) is 5.91 Å². The number of halogens is 3. The lowest BCUT2D eigenvalue weighted by Gasteiger charge is -2.06. The van der Waals surface area contributed by atoms with Crippen molar-refractivity contribution in [1.29, 1.82) is 0 Å². The summed E-state index contributed by atoms with van der Waals surface area (Å²) in [6.07, 6.45) is 4.29. The molecule has 21 heavy (non-hydrogen) atoms. The van der Waals surface area contributed by atoms with Gasteiger partial charge in [-0.3, -0.25) is 4.79 Å². The van der Waals surface area contributed by atoms with Crippen molar-refractivity contribution in [3.05, 3.63) is 58.3 Å². The normalized spacial score (nSPS) is 9.86. The highest BCUT2D eigenvalue weighted by atomic mass is 79.9. The molecule has 1 N–H and O–H groups in total. The molecule has 0 aliphatic carbocycles. The molecule has 0 spiro atoms. The van der Waals surface area contributed by atoms with Crippen molar-refractivity contribution in [2.75, 3.05) is 5.32 Å². The Bertz CT molecular complexity index is 618. The van der Waals surface area contributed by atoms with Crippen LogP contribution in [0.25, 0.3) is 0 Å². The van der Waals surface area contributed by atoms with Crippen LogP contribution in [0.1, 0.15) is 12.0 Å². The first kappa shape index (κ1) is 18.0. The second-order valence-corrected chi connectivity index (χ2v) is 5.38. The predicted octanol–water partition coefficient (Wildman–Crippen LogP) is 0.622. The number of pyridine rings is 1. The minimum Gasteiger partial charge on any atom is -1.00 e. The molecule has 0 saturated carbocycles. The van der Waals surface area contributed by atoms with E-state index in [0.29, 0.717) is 28.7 Å². The van der Waals surface area contributed by atoms with Gasteiger partial charge >= 0.3 is 0 Å². The van der Waals surface area contributed by atoms with Crippen LogP contribution in [0.4, 0.5) is 5.69 Å². The molecule has 0 radical (unpaired) electrons.